The van der Waals surface area contributed by atoms with Gasteiger partial charge in [-0.15, -0.1) is 0 Å². The summed E-state index contributed by atoms with van der Waals surface area (Å²) in [5, 5.41) is 10.7. The standard InChI is InChI=1S/C19H22O3/c1-19(2,3)13-9-10-15-14(11-13)17(20)16(18(21)22-15)12-7-5-4-6-8-12/h4-8,13,20H,9-11H2,1-3H3. The number of benzene rings is 1. The van der Waals surface area contributed by atoms with Gasteiger partial charge in [0.2, 0.25) is 0 Å². The summed E-state index contributed by atoms with van der Waals surface area (Å²) < 4.78 is 5.51. The molecule has 1 atom stereocenters. The first-order valence-corrected chi connectivity index (χ1v) is 7.81. The molecule has 116 valence electrons. The molecule has 2 aromatic rings. The van der Waals surface area contributed by atoms with Crippen molar-refractivity contribution < 1.29 is 9.52 Å². The summed E-state index contributed by atoms with van der Waals surface area (Å²) in [5.41, 5.74) is 1.53. The second kappa shape index (κ2) is 5.31. The van der Waals surface area contributed by atoms with Crippen molar-refractivity contribution >= 4 is 0 Å². The van der Waals surface area contributed by atoms with Gasteiger partial charge in [-0.05, 0) is 29.7 Å². The van der Waals surface area contributed by atoms with E-state index >= 15 is 0 Å². The first-order chi connectivity index (χ1) is 10.4. The molecule has 0 radical (unpaired) electrons. The second-order valence-corrected chi connectivity index (χ2v) is 7.19. The van der Waals surface area contributed by atoms with Crippen molar-refractivity contribution in [3.8, 4) is 16.9 Å². The fraction of sp³-hybridized carbons (Fsp3) is 0.421. The highest BCUT2D eigenvalue weighted by atomic mass is 16.4. The number of rotatable bonds is 1. The molecule has 3 rings (SSSR count). The molecule has 0 saturated carbocycles. The smallest absolute Gasteiger partial charge is 0.347 e. The predicted octanol–water partition coefficient (Wildman–Crippen LogP) is 4.16. The highest BCUT2D eigenvalue weighted by molar-refractivity contribution is 5.70. The van der Waals surface area contributed by atoms with Crippen LogP contribution < -0.4 is 5.63 Å². The Morgan fingerprint density at radius 3 is 2.50 bits per heavy atom. The molecule has 22 heavy (non-hydrogen) atoms. The quantitative estimate of drug-likeness (QED) is 0.860. The Kier molecular flexibility index (Phi) is 3.59. The van der Waals surface area contributed by atoms with Crippen molar-refractivity contribution in [2.24, 2.45) is 11.3 Å². The van der Waals surface area contributed by atoms with Crippen LogP contribution >= 0.6 is 0 Å². The van der Waals surface area contributed by atoms with Gasteiger partial charge in [0.1, 0.15) is 17.1 Å². The third-order valence-electron chi connectivity index (χ3n) is 4.74. The average Bonchev–Trinajstić information content (AvgIpc) is 2.47. The zero-order valence-corrected chi connectivity index (χ0v) is 13.3. The van der Waals surface area contributed by atoms with Gasteiger partial charge in [0, 0.05) is 12.0 Å². The average molecular weight is 298 g/mol. The normalized spacial score (nSPS) is 18.0. The number of hydrogen-bond donors (Lipinski definition) is 1. The minimum absolute atomic E-state index is 0.103. The van der Waals surface area contributed by atoms with Crippen LogP contribution in [0.3, 0.4) is 0 Å². The van der Waals surface area contributed by atoms with Crippen LogP contribution in [0, 0.1) is 11.3 Å². The molecule has 1 aromatic heterocycles. The lowest BCUT2D eigenvalue weighted by Crippen LogP contribution is -2.28. The van der Waals surface area contributed by atoms with E-state index in [9.17, 15) is 9.90 Å². The minimum Gasteiger partial charge on any atom is -0.507 e. The van der Waals surface area contributed by atoms with Crippen molar-refractivity contribution in [3.63, 3.8) is 0 Å². The van der Waals surface area contributed by atoms with Gasteiger partial charge in [-0.3, -0.25) is 0 Å². The Hall–Kier alpha value is -2.03. The fourth-order valence-electron chi connectivity index (χ4n) is 3.27. The Morgan fingerprint density at radius 1 is 1.18 bits per heavy atom. The molecule has 0 saturated heterocycles. The van der Waals surface area contributed by atoms with Crippen molar-refractivity contribution in [2.45, 2.75) is 40.0 Å². The number of aromatic hydroxyl groups is 1. The van der Waals surface area contributed by atoms with E-state index in [2.05, 4.69) is 20.8 Å². The summed E-state index contributed by atoms with van der Waals surface area (Å²) in [5.74, 6) is 1.23. The molecule has 1 aliphatic carbocycles. The van der Waals surface area contributed by atoms with Crippen molar-refractivity contribution in [1.82, 2.24) is 0 Å². The van der Waals surface area contributed by atoms with Crippen LogP contribution in [0.15, 0.2) is 39.5 Å². The van der Waals surface area contributed by atoms with Crippen LogP contribution in [-0.2, 0) is 12.8 Å². The molecule has 3 nitrogen and oxygen atoms in total. The molecule has 0 fully saturated rings. The summed E-state index contributed by atoms with van der Waals surface area (Å²) in [7, 11) is 0. The van der Waals surface area contributed by atoms with E-state index in [4.69, 9.17) is 4.42 Å². The lowest BCUT2D eigenvalue weighted by molar-refractivity contribution is 0.203. The first-order valence-electron chi connectivity index (χ1n) is 7.81. The summed E-state index contributed by atoms with van der Waals surface area (Å²) in [6, 6.07) is 9.23. The highest BCUT2D eigenvalue weighted by Gasteiger charge is 2.33. The van der Waals surface area contributed by atoms with Crippen LogP contribution in [0.1, 0.15) is 38.5 Å². The first kappa shape index (κ1) is 14.9. The van der Waals surface area contributed by atoms with Crippen LogP contribution in [0.25, 0.3) is 11.1 Å². The largest absolute Gasteiger partial charge is 0.507 e. The lowest BCUT2D eigenvalue weighted by atomic mass is 9.71. The van der Waals surface area contributed by atoms with Crippen LogP contribution in [0.2, 0.25) is 0 Å². The van der Waals surface area contributed by atoms with Gasteiger partial charge in [-0.1, -0.05) is 51.1 Å². The minimum atomic E-state index is -0.448. The van der Waals surface area contributed by atoms with Crippen molar-refractivity contribution in [2.75, 3.05) is 0 Å². The van der Waals surface area contributed by atoms with Gasteiger partial charge in [0.25, 0.3) is 0 Å². The van der Waals surface area contributed by atoms with E-state index in [-0.39, 0.29) is 16.7 Å². The molecule has 0 amide bonds. The summed E-state index contributed by atoms with van der Waals surface area (Å²) >= 11 is 0. The van der Waals surface area contributed by atoms with E-state index < -0.39 is 5.63 Å². The van der Waals surface area contributed by atoms with Gasteiger partial charge in [-0.2, -0.15) is 0 Å². The maximum absolute atomic E-state index is 12.3. The molecule has 3 heteroatoms. The van der Waals surface area contributed by atoms with Gasteiger partial charge in [-0.25, -0.2) is 4.79 Å². The Morgan fingerprint density at radius 2 is 1.86 bits per heavy atom. The maximum atomic E-state index is 12.3. The van der Waals surface area contributed by atoms with Gasteiger partial charge in [0.15, 0.2) is 0 Å². The predicted molar refractivity (Wildman–Crippen MR) is 87.0 cm³/mol. The third-order valence-corrected chi connectivity index (χ3v) is 4.74. The molecule has 1 N–H and O–H groups in total. The third kappa shape index (κ3) is 2.56. The molecule has 1 heterocycles. The number of fused-ring (bicyclic) bond motifs is 1. The molecular formula is C19H22O3. The number of hydrogen-bond acceptors (Lipinski definition) is 3. The second-order valence-electron chi connectivity index (χ2n) is 7.19. The number of aryl methyl sites for hydroxylation is 1. The monoisotopic (exact) mass is 298 g/mol. The molecular weight excluding hydrogens is 276 g/mol. The van der Waals surface area contributed by atoms with Crippen LogP contribution in [-0.4, -0.2) is 5.11 Å². The van der Waals surface area contributed by atoms with Gasteiger partial charge >= 0.3 is 5.63 Å². The fourth-order valence-corrected chi connectivity index (χ4v) is 3.27. The molecule has 1 aliphatic rings. The van der Waals surface area contributed by atoms with Crippen LogP contribution in [0.4, 0.5) is 0 Å². The molecule has 1 aromatic carbocycles. The summed E-state index contributed by atoms with van der Waals surface area (Å²) in [4.78, 5) is 12.3. The topological polar surface area (TPSA) is 50.4 Å². The SMILES string of the molecule is CC(C)(C)C1CCc2oc(=O)c(-c3ccccc3)c(O)c2C1. The van der Waals surface area contributed by atoms with Gasteiger partial charge < -0.3 is 9.52 Å². The zero-order chi connectivity index (χ0) is 15.9. The zero-order valence-electron chi connectivity index (χ0n) is 13.3. The Balaban J connectivity index is 2.12. The maximum Gasteiger partial charge on any atom is 0.347 e. The lowest BCUT2D eigenvalue weighted by Gasteiger charge is -2.34. The van der Waals surface area contributed by atoms with E-state index in [1.54, 1.807) is 0 Å². The highest BCUT2D eigenvalue weighted by Crippen LogP contribution is 2.41. The molecule has 1 unspecified atom stereocenters. The van der Waals surface area contributed by atoms with Crippen molar-refractivity contribution in [1.29, 1.82) is 0 Å². The van der Waals surface area contributed by atoms with E-state index in [0.29, 0.717) is 17.2 Å². The molecule has 0 aliphatic heterocycles. The molecule has 0 spiro atoms. The molecule has 0 bridgehead atoms. The van der Waals surface area contributed by atoms with Crippen molar-refractivity contribution in [3.05, 3.63) is 52.1 Å². The Labute approximate surface area is 130 Å². The van der Waals surface area contributed by atoms with E-state index in [1.807, 2.05) is 30.3 Å². The van der Waals surface area contributed by atoms with E-state index in [0.717, 1.165) is 24.8 Å². The Bertz CT molecular complexity index is 736. The summed E-state index contributed by atoms with van der Waals surface area (Å²) in [6.45, 7) is 6.66. The van der Waals surface area contributed by atoms with E-state index in [1.165, 1.54) is 0 Å². The summed E-state index contributed by atoms with van der Waals surface area (Å²) in [6.07, 6.45) is 2.47. The van der Waals surface area contributed by atoms with Crippen LogP contribution in [0.5, 0.6) is 5.75 Å². The van der Waals surface area contributed by atoms with Gasteiger partial charge in [0.05, 0.1) is 0 Å².